The molecule has 0 amide bonds. The van der Waals surface area contributed by atoms with Gasteiger partial charge in [0.15, 0.2) is 0 Å². The topological polar surface area (TPSA) is 13.1 Å². The van der Waals surface area contributed by atoms with Gasteiger partial charge in [0, 0.05) is 22.1 Å². The third-order valence-corrected chi connectivity index (χ3v) is 11.0. The minimum Gasteiger partial charge on any atom is -0.456 e. The van der Waals surface area contributed by atoms with Crippen molar-refractivity contribution in [3.63, 3.8) is 0 Å². The number of para-hydroxylation sites is 1. The van der Waals surface area contributed by atoms with Crippen molar-refractivity contribution in [2.75, 3.05) is 0 Å². The van der Waals surface area contributed by atoms with Gasteiger partial charge in [0.1, 0.15) is 11.2 Å². The van der Waals surface area contributed by atoms with Crippen molar-refractivity contribution in [2.24, 2.45) is 0 Å². The van der Waals surface area contributed by atoms with E-state index in [1.54, 1.807) is 0 Å². The van der Waals surface area contributed by atoms with Gasteiger partial charge in [-0.1, -0.05) is 145 Å². The number of thioether (sulfide) groups is 1. The molecule has 2 aliphatic rings. The van der Waals surface area contributed by atoms with Crippen LogP contribution in [0.4, 0.5) is 0 Å². The third-order valence-electron chi connectivity index (χ3n) is 9.74. The van der Waals surface area contributed by atoms with E-state index in [9.17, 15) is 0 Å². The van der Waals surface area contributed by atoms with E-state index in [1.165, 1.54) is 80.7 Å². The van der Waals surface area contributed by atoms with Crippen molar-refractivity contribution in [1.82, 2.24) is 0 Å². The second-order valence-corrected chi connectivity index (χ2v) is 13.9. The average molecular weight is 635 g/mol. The lowest BCUT2D eigenvalue weighted by atomic mass is 9.85. The molecule has 0 saturated heterocycles. The number of rotatable bonds is 3. The molecule has 0 N–H and O–H groups in total. The monoisotopic (exact) mass is 634 g/mol. The van der Waals surface area contributed by atoms with E-state index < -0.39 is 0 Å². The van der Waals surface area contributed by atoms with E-state index in [0.717, 1.165) is 30.4 Å². The molecule has 1 aliphatic carbocycles. The van der Waals surface area contributed by atoms with Gasteiger partial charge in [-0.05, 0) is 103 Å². The second-order valence-electron chi connectivity index (χ2n) is 12.7. The Morgan fingerprint density at radius 2 is 1.38 bits per heavy atom. The fraction of sp³-hybridized carbons (Fsp3) is 0.0870. The molecule has 48 heavy (non-hydrogen) atoms. The molecule has 1 nitrogen and oxygen atoms in total. The van der Waals surface area contributed by atoms with Crippen molar-refractivity contribution in [2.45, 2.75) is 31.1 Å². The maximum atomic E-state index is 6.19. The Morgan fingerprint density at radius 1 is 0.667 bits per heavy atom. The fourth-order valence-corrected chi connectivity index (χ4v) is 8.68. The first-order valence-electron chi connectivity index (χ1n) is 16.8. The van der Waals surface area contributed by atoms with Gasteiger partial charge in [-0.15, -0.1) is 0 Å². The van der Waals surface area contributed by atoms with Crippen molar-refractivity contribution >= 4 is 77.2 Å². The zero-order valence-corrected chi connectivity index (χ0v) is 27.7. The van der Waals surface area contributed by atoms with Crippen LogP contribution in [0.15, 0.2) is 166 Å². The molecule has 1 aliphatic heterocycles. The summed E-state index contributed by atoms with van der Waals surface area (Å²) in [5.74, 6) is 0. The average Bonchev–Trinajstić information content (AvgIpc) is 3.72. The molecule has 0 saturated carbocycles. The van der Waals surface area contributed by atoms with Crippen LogP contribution in [0.3, 0.4) is 0 Å². The van der Waals surface area contributed by atoms with Gasteiger partial charge in [0.2, 0.25) is 0 Å². The van der Waals surface area contributed by atoms with Gasteiger partial charge in [-0.2, -0.15) is 0 Å². The van der Waals surface area contributed by atoms with Crippen LogP contribution in [0.5, 0.6) is 0 Å². The number of furan rings is 1. The lowest BCUT2D eigenvalue weighted by Gasteiger charge is -2.19. The maximum Gasteiger partial charge on any atom is 0.136 e. The molecular formula is C46H34OS. The Bertz CT molecular complexity index is 2560. The van der Waals surface area contributed by atoms with E-state index in [0.29, 0.717) is 0 Å². The Labute approximate surface area is 285 Å². The SMILES string of the molecule is C/C(=C\C=C1/Cc2ccc3cc4oc5ccccc5c4cc3c2S1)c1c2ccccc2c(/C2=C/C=C\C/C=C\C=C/C2)c2ccccc12. The van der Waals surface area contributed by atoms with Crippen LogP contribution in [0, 0.1) is 0 Å². The first-order chi connectivity index (χ1) is 23.7. The van der Waals surface area contributed by atoms with Crippen LogP contribution >= 0.6 is 11.8 Å². The smallest absolute Gasteiger partial charge is 0.136 e. The first kappa shape index (κ1) is 28.9. The number of allylic oxidation sites excluding steroid dienone is 12. The summed E-state index contributed by atoms with van der Waals surface area (Å²) < 4.78 is 6.19. The molecule has 0 atom stereocenters. The van der Waals surface area contributed by atoms with Gasteiger partial charge < -0.3 is 4.42 Å². The number of fused-ring (bicyclic) bond motifs is 8. The Hall–Kier alpha value is -5.31. The van der Waals surface area contributed by atoms with Crippen molar-refractivity contribution in [3.05, 3.63) is 173 Å². The molecule has 2 heterocycles. The minimum absolute atomic E-state index is 0.887. The largest absolute Gasteiger partial charge is 0.456 e. The van der Waals surface area contributed by atoms with Gasteiger partial charge in [0.25, 0.3) is 0 Å². The highest BCUT2D eigenvalue weighted by Crippen LogP contribution is 2.46. The normalized spacial score (nSPS) is 19.2. The van der Waals surface area contributed by atoms with Crippen LogP contribution in [0.1, 0.15) is 36.5 Å². The quantitative estimate of drug-likeness (QED) is 0.179. The van der Waals surface area contributed by atoms with E-state index in [2.05, 4.69) is 153 Å². The molecule has 0 radical (unpaired) electrons. The molecule has 230 valence electrons. The summed E-state index contributed by atoms with van der Waals surface area (Å²) in [5.41, 5.74) is 8.57. The molecule has 9 rings (SSSR count). The minimum atomic E-state index is 0.887. The number of benzene rings is 6. The summed E-state index contributed by atoms with van der Waals surface area (Å²) in [4.78, 5) is 2.74. The first-order valence-corrected chi connectivity index (χ1v) is 17.6. The molecule has 0 unspecified atom stereocenters. The van der Waals surface area contributed by atoms with Crippen LogP contribution in [-0.4, -0.2) is 0 Å². The molecule has 6 aromatic carbocycles. The Morgan fingerprint density at radius 3 is 2.19 bits per heavy atom. The van der Waals surface area contributed by atoms with E-state index in [-0.39, 0.29) is 0 Å². The molecule has 0 fully saturated rings. The van der Waals surface area contributed by atoms with Crippen molar-refractivity contribution in [1.29, 1.82) is 0 Å². The molecule has 1 aromatic heterocycles. The second kappa shape index (κ2) is 12.0. The number of hydrogen-bond acceptors (Lipinski definition) is 2. The summed E-state index contributed by atoms with van der Waals surface area (Å²) >= 11 is 1.92. The molecule has 0 spiro atoms. The summed E-state index contributed by atoms with van der Waals surface area (Å²) in [6.45, 7) is 2.27. The third kappa shape index (κ3) is 4.96. The standard InChI is InChI=1S/C46H34OS/c1-30(23-26-34-27-33-25-24-32-28-43-41(29-40(32)46(33)48-34)35-17-13-14-22-42(35)47-43)44-36-18-9-11-20-38(36)45(39-21-12-10-19-37(39)44)31-15-7-5-3-2-4-6-8-16-31/h2-3,5-14,16-26,28-29H,4,15,27H2,1H3/b3-2-,7-5-,8-6-,30-23+,31-16+,34-26+. The lowest BCUT2D eigenvalue weighted by Crippen LogP contribution is -1.95. The predicted molar refractivity (Wildman–Crippen MR) is 209 cm³/mol. The predicted octanol–water partition coefficient (Wildman–Crippen LogP) is 13.5. The van der Waals surface area contributed by atoms with Gasteiger partial charge >= 0.3 is 0 Å². The highest BCUT2D eigenvalue weighted by Gasteiger charge is 2.21. The molecule has 2 heteroatoms. The van der Waals surface area contributed by atoms with Crippen molar-refractivity contribution < 1.29 is 4.42 Å². The summed E-state index contributed by atoms with van der Waals surface area (Å²) in [6.07, 6.45) is 23.0. The molecule has 7 aromatic rings. The zero-order valence-electron chi connectivity index (χ0n) is 26.9. The van der Waals surface area contributed by atoms with Crippen LogP contribution in [0.2, 0.25) is 0 Å². The maximum absolute atomic E-state index is 6.19. The highest BCUT2D eigenvalue weighted by atomic mass is 32.2. The van der Waals surface area contributed by atoms with Crippen LogP contribution in [0.25, 0.3) is 65.4 Å². The fourth-order valence-electron chi connectivity index (χ4n) is 7.49. The van der Waals surface area contributed by atoms with Gasteiger partial charge in [-0.3, -0.25) is 0 Å². The van der Waals surface area contributed by atoms with Gasteiger partial charge in [-0.25, -0.2) is 0 Å². The summed E-state index contributed by atoms with van der Waals surface area (Å²) in [6, 6.07) is 35.3. The van der Waals surface area contributed by atoms with Crippen LogP contribution < -0.4 is 0 Å². The van der Waals surface area contributed by atoms with Gasteiger partial charge in [0.05, 0.1) is 0 Å². The highest BCUT2D eigenvalue weighted by molar-refractivity contribution is 8.03. The van der Waals surface area contributed by atoms with E-state index in [4.69, 9.17) is 4.42 Å². The van der Waals surface area contributed by atoms with Crippen LogP contribution in [-0.2, 0) is 6.42 Å². The van der Waals surface area contributed by atoms with E-state index in [1.807, 2.05) is 17.8 Å². The van der Waals surface area contributed by atoms with Crippen molar-refractivity contribution in [3.8, 4) is 0 Å². The Kier molecular flexibility index (Phi) is 7.25. The summed E-state index contributed by atoms with van der Waals surface area (Å²) in [5, 5.41) is 10.1. The summed E-state index contributed by atoms with van der Waals surface area (Å²) in [7, 11) is 0. The Balaban J connectivity index is 1.13. The number of hydrogen-bond donors (Lipinski definition) is 0. The molecular weight excluding hydrogens is 601 g/mol. The zero-order chi connectivity index (χ0) is 32.0. The lowest BCUT2D eigenvalue weighted by molar-refractivity contribution is 0.669. The molecule has 0 bridgehead atoms. The van der Waals surface area contributed by atoms with E-state index >= 15 is 0 Å².